The quantitative estimate of drug-likeness (QED) is 0.873. The summed E-state index contributed by atoms with van der Waals surface area (Å²) in [7, 11) is 3.35. The fraction of sp³-hybridized carbons (Fsp3) is 0.333. The van der Waals surface area contributed by atoms with E-state index in [9.17, 15) is 9.59 Å². The van der Waals surface area contributed by atoms with Crippen LogP contribution in [0.4, 0.5) is 5.69 Å². The number of aryl methyl sites for hydroxylation is 2. The van der Waals surface area contributed by atoms with Gasteiger partial charge >= 0.3 is 0 Å². The summed E-state index contributed by atoms with van der Waals surface area (Å²) >= 11 is 1.51. The first kappa shape index (κ1) is 18.0. The van der Waals surface area contributed by atoms with Gasteiger partial charge in [-0.3, -0.25) is 9.59 Å². The van der Waals surface area contributed by atoms with Gasteiger partial charge in [0.05, 0.1) is 4.88 Å². The highest BCUT2D eigenvalue weighted by atomic mass is 32.1. The lowest BCUT2D eigenvalue weighted by Gasteiger charge is -2.12. The lowest BCUT2D eigenvalue weighted by Crippen LogP contribution is -2.27. The van der Waals surface area contributed by atoms with Crippen LogP contribution in [0.1, 0.15) is 27.0 Å². The molecule has 1 heterocycles. The molecule has 2 rings (SSSR count). The minimum Gasteiger partial charge on any atom is -0.484 e. The van der Waals surface area contributed by atoms with Crippen molar-refractivity contribution in [1.82, 2.24) is 4.90 Å². The predicted molar refractivity (Wildman–Crippen MR) is 97.0 cm³/mol. The number of carbonyl (C=O) groups excluding carboxylic acids is 2. The Bertz CT molecular complexity index is 738. The molecule has 6 heteroatoms. The van der Waals surface area contributed by atoms with Crippen LogP contribution < -0.4 is 10.1 Å². The minimum atomic E-state index is -0.135. The highest BCUT2D eigenvalue weighted by Crippen LogP contribution is 2.24. The number of amides is 2. The molecule has 0 saturated carbocycles. The Labute approximate surface area is 146 Å². The second-order valence-corrected chi connectivity index (χ2v) is 6.77. The fourth-order valence-corrected chi connectivity index (χ4v) is 3.12. The second kappa shape index (κ2) is 7.97. The Morgan fingerprint density at radius 1 is 1.25 bits per heavy atom. The summed E-state index contributed by atoms with van der Waals surface area (Å²) in [5, 5.41) is 2.87. The van der Waals surface area contributed by atoms with Gasteiger partial charge in [0, 0.05) is 30.7 Å². The van der Waals surface area contributed by atoms with E-state index in [1.165, 1.54) is 21.1 Å². The third-order valence-corrected chi connectivity index (χ3v) is 4.90. The van der Waals surface area contributed by atoms with Crippen LogP contribution >= 0.6 is 11.3 Å². The Kier molecular flexibility index (Phi) is 5.98. The number of thiophene rings is 1. The van der Waals surface area contributed by atoms with Gasteiger partial charge in [0.25, 0.3) is 11.8 Å². The zero-order valence-electron chi connectivity index (χ0n) is 14.4. The topological polar surface area (TPSA) is 58.6 Å². The molecule has 0 unspecified atom stereocenters. The summed E-state index contributed by atoms with van der Waals surface area (Å²) in [6, 6.07) is 8.95. The smallest absolute Gasteiger partial charge is 0.265 e. The third kappa shape index (κ3) is 4.58. The molecule has 0 aliphatic heterocycles. The molecule has 0 aliphatic rings. The van der Waals surface area contributed by atoms with Crippen molar-refractivity contribution in [2.75, 3.05) is 26.0 Å². The van der Waals surface area contributed by atoms with Crippen LogP contribution in [0.5, 0.6) is 5.75 Å². The molecule has 5 nitrogen and oxygen atoms in total. The maximum Gasteiger partial charge on any atom is 0.265 e. The number of hydrogen-bond donors (Lipinski definition) is 1. The second-order valence-electron chi connectivity index (χ2n) is 5.63. The molecule has 0 fully saturated rings. The van der Waals surface area contributed by atoms with E-state index < -0.39 is 0 Å². The van der Waals surface area contributed by atoms with E-state index in [4.69, 9.17) is 4.74 Å². The Morgan fingerprint density at radius 2 is 2.00 bits per heavy atom. The van der Waals surface area contributed by atoms with Crippen LogP contribution in [0.3, 0.4) is 0 Å². The minimum absolute atomic E-state index is 0.0334. The maximum absolute atomic E-state index is 12.4. The summed E-state index contributed by atoms with van der Waals surface area (Å²) < 4.78 is 5.46. The largest absolute Gasteiger partial charge is 0.484 e. The monoisotopic (exact) mass is 346 g/mol. The predicted octanol–water partition coefficient (Wildman–Crippen LogP) is 3.34. The number of likely N-dealkylation sites (N-methyl/N-ethyl adjacent to an activating group) is 1. The van der Waals surface area contributed by atoms with Crippen molar-refractivity contribution in [1.29, 1.82) is 0 Å². The van der Waals surface area contributed by atoms with Crippen molar-refractivity contribution < 1.29 is 14.3 Å². The standard InChI is InChI=1S/C18H22N2O3S/c1-5-15-12(2)9-16(24-15)18(22)19-13-7-6-8-14(10-13)23-11-17(21)20(3)4/h6-10H,5,11H2,1-4H3,(H,19,22). The summed E-state index contributed by atoms with van der Waals surface area (Å²) in [6.45, 7) is 4.06. The Hall–Kier alpha value is -2.34. The van der Waals surface area contributed by atoms with E-state index in [0.717, 1.165) is 12.0 Å². The molecule has 1 aromatic heterocycles. The van der Waals surface area contributed by atoms with Crippen molar-refractivity contribution in [2.24, 2.45) is 0 Å². The average molecular weight is 346 g/mol. The van der Waals surface area contributed by atoms with Gasteiger partial charge in [-0.25, -0.2) is 0 Å². The third-order valence-electron chi connectivity index (χ3n) is 3.52. The highest BCUT2D eigenvalue weighted by molar-refractivity contribution is 7.14. The fourth-order valence-electron chi connectivity index (χ4n) is 2.11. The molecule has 0 saturated heterocycles. The number of hydrogen-bond acceptors (Lipinski definition) is 4. The molecule has 0 spiro atoms. The van der Waals surface area contributed by atoms with Crippen LogP contribution in [-0.2, 0) is 11.2 Å². The first-order valence-electron chi connectivity index (χ1n) is 7.74. The van der Waals surface area contributed by atoms with E-state index in [-0.39, 0.29) is 18.4 Å². The molecule has 0 atom stereocenters. The first-order valence-corrected chi connectivity index (χ1v) is 8.56. The number of carbonyl (C=O) groups is 2. The van der Waals surface area contributed by atoms with E-state index >= 15 is 0 Å². The van der Waals surface area contributed by atoms with Gasteiger partial charge in [-0.2, -0.15) is 0 Å². The van der Waals surface area contributed by atoms with Crippen molar-refractivity contribution in [3.05, 3.63) is 45.6 Å². The lowest BCUT2D eigenvalue weighted by molar-refractivity contribution is -0.130. The van der Waals surface area contributed by atoms with E-state index in [1.54, 1.807) is 38.4 Å². The molecule has 2 aromatic rings. The molecule has 0 aliphatic carbocycles. The van der Waals surface area contributed by atoms with Crippen LogP contribution in [0.25, 0.3) is 0 Å². The molecule has 1 N–H and O–H groups in total. The Morgan fingerprint density at radius 3 is 2.62 bits per heavy atom. The molecule has 0 bridgehead atoms. The average Bonchev–Trinajstić information content (AvgIpc) is 2.94. The van der Waals surface area contributed by atoms with E-state index in [0.29, 0.717) is 16.3 Å². The molecular weight excluding hydrogens is 324 g/mol. The zero-order chi connectivity index (χ0) is 17.7. The lowest BCUT2D eigenvalue weighted by atomic mass is 10.2. The van der Waals surface area contributed by atoms with Gasteiger partial charge in [-0.15, -0.1) is 11.3 Å². The molecule has 0 radical (unpaired) electrons. The Balaban J connectivity index is 2.03. The summed E-state index contributed by atoms with van der Waals surface area (Å²) in [4.78, 5) is 27.3. The number of ether oxygens (including phenoxy) is 1. The molecule has 128 valence electrons. The van der Waals surface area contributed by atoms with Crippen LogP contribution in [-0.4, -0.2) is 37.4 Å². The highest BCUT2D eigenvalue weighted by Gasteiger charge is 2.12. The van der Waals surface area contributed by atoms with Crippen LogP contribution in [0, 0.1) is 6.92 Å². The van der Waals surface area contributed by atoms with Gasteiger partial charge in [0.1, 0.15) is 5.75 Å². The molecular formula is C18H22N2O3S. The van der Waals surface area contributed by atoms with Gasteiger partial charge in [0.2, 0.25) is 0 Å². The number of benzene rings is 1. The van der Waals surface area contributed by atoms with Crippen LogP contribution in [0.2, 0.25) is 0 Å². The SMILES string of the molecule is CCc1sc(C(=O)Nc2cccc(OCC(=O)N(C)C)c2)cc1C. The first-order chi connectivity index (χ1) is 11.4. The number of nitrogens with zero attached hydrogens (tertiary/aromatic N) is 1. The molecule has 1 aromatic carbocycles. The normalized spacial score (nSPS) is 10.3. The van der Waals surface area contributed by atoms with E-state index in [2.05, 4.69) is 12.2 Å². The zero-order valence-corrected chi connectivity index (χ0v) is 15.2. The number of anilines is 1. The summed E-state index contributed by atoms with van der Waals surface area (Å²) in [5.41, 5.74) is 1.78. The van der Waals surface area contributed by atoms with Crippen LogP contribution in [0.15, 0.2) is 30.3 Å². The van der Waals surface area contributed by atoms with Gasteiger partial charge < -0.3 is 15.0 Å². The van der Waals surface area contributed by atoms with Gasteiger partial charge in [-0.1, -0.05) is 13.0 Å². The van der Waals surface area contributed by atoms with Crippen molar-refractivity contribution in [3.63, 3.8) is 0 Å². The summed E-state index contributed by atoms with van der Waals surface area (Å²) in [6.07, 6.45) is 0.924. The molecule has 2 amide bonds. The van der Waals surface area contributed by atoms with Gasteiger partial charge in [0.15, 0.2) is 6.61 Å². The molecule has 24 heavy (non-hydrogen) atoms. The van der Waals surface area contributed by atoms with Crippen molar-refractivity contribution in [3.8, 4) is 5.75 Å². The summed E-state index contributed by atoms with van der Waals surface area (Å²) in [5.74, 6) is 0.287. The number of nitrogens with one attached hydrogen (secondary N) is 1. The van der Waals surface area contributed by atoms with Gasteiger partial charge in [-0.05, 0) is 37.1 Å². The van der Waals surface area contributed by atoms with Crippen molar-refractivity contribution >= 4 is 28.8 Å². The number of rotatable bonds is 6. The van der Waals surface area contributed by atoms with Crippen molar-refractivity contribution in [2.45, 2.75) is 20.3 Å². The van der Waals surface area contributed by atoms with E-state index in [1.807, 2.05) is 13.0 Å². The maximum atomic E-state index is 12.4.